The van der Waals surface area contributed by atoms with E-state index in [2.05, 4.69) is 26.1 Å². The maximum absolute atomic E-state index is 13.8. The monoisotopic (exact) mass is 490 g/mol. The van der Waals surface area contributed by atoms with Crippen molar-refractivity contribution in [2.75, 3.05) is 11.4 Å². The molecule has 2 aliphatic rings. The molecular weight excluding hydrogens is 460 g/mol. The lowest BCUT2D eigenvalue weighted by Crippen LogP contribution is -2.54. The van der Waals surface area contributed by atoms with Crippen LogP contribution in [0.5, 0.6) is 0 Å². The lowest BCUT2D eigenvalue weighted by atomic mass is 9.64. The van der Waals surface area contributed by atoms with E-state index in [9.17, 15) is 14.4 Å². The maximum atomic E-state index is 13.8. The summed E-state index contributed by atoms with van der Waals surface area (Å²) in [4.78, 5) is 47.8. The normalized spacial score (nSPS) is 23.7. The Kier molecular flexibility index (Phi) is 5.67. The average Bonchev–Trinajstić information content (AvgIpc) is 3.28. The first-order valence-corrected chi connectivity index (χ1v) is 12.8. The standard InChI is InChI=1S/C27H30N4O3S/c1-17-13-26(3,4)16-27(14-17)23(33)30(24(34)29-27)15-22(32)31(20-11-7-5-9-18(20)2)25-28-19-10-6-8-12-21(19)35-25/h5-12,17H,13-16H2,1-4H3,(H,29,34). The zero-order chi connectivity index (χ0) is 25.0. The number of rotatable bonds is 4. The second kappa shape index (κ2) is 8.45. The molecule has 3 aromatic rings. The molecule has 2 heterocycles. The fourth-order valence-electron chi connectivity index (χ4n) is 5.97. The van der Waals surface area contributed by atoms with Crippen molar-refractivity contribution in [3.05, 3.63) is 54.1 Å². The number of urea groups is 1. The van der Waals surface area contributed by atoms with Crippen molar-refractivity contribution >= 4 is 50.2 Å². The van der Waals surface area contributed by atoms with Crippen LogP contribution in [0, 0.1) is 18.3 Å². The van der Waals surface area contributed by atoms with Gasteiger partial charge in [-0.1, -0.05) is 62.4 Å². The molecule has 1 saturated carbocycles. The molecule has 5 rings (SSSR count). The number of para-hydroxylation sites is 2. The van der Waals surface area contributed by atoms with Gasteiger partial charge in [-0.25, -0.2) is 9.78 Å². The van der Waals surface area contributed by atoms with E-state index >= 15 is 0 Å². The zero-order valence-electron chi connectivity index (χ0n) is 20.5. The summed E-state index contributed by atoms with van der Waals surface area (Å²) in [7, 11) is 0. The highest BCUT2D eigenvalue weighted by Gasteiger charge is 2.56. The van der Waals surface area contributed by atoms with Crippen molar-refractivity contribution in [3.63, 3.8) is 0 Å². The molecule has 182 valence electrons. The van der Waals surface area contributed by atoms with Crippen molar-refractivity contribution in [2.24, 2.45) is 11.3 Å². The molecule has 1 spiro atoms. The van der Waals surface area contributed by atoms with Crippen LogP contribution in [0.4, 0.5) is 15.6 Å². The molecule has 1 aliphatic carbocycles. The molecule has 35 heavy (non-hydrogen) atoms. The number of carbonyl (C=O) groups is 3. The Morgan fingerprint density at radius 3 is 2.57 bits per heavy atom. The number of imide groups is 1. The first-order valence-electron chi connectivity index (χ1n) is 12.0. The van der Waals surface area contributed by atoms with E-state index in [1.807, 2.05) is 55.5 Å². The van der Waals surface area contributed by atoms with Gasteiger partial charge in [-0.15, -0.1) is 0 Å². The Hall–Kier alpha value is -3.26. The summed E-state index contributed by atoms with van der Waals surface area (Å²) in [5, 5.41) is 3.48. The lowest BCUT2D eigenvalue weighted by molar-refractivity contribution is -0.137. The highest BCUT2D eigenvalue weighted by atomic mass is 32.1. The van der Waals surface area contributed by atoms with E-state index in [-0.39, 0.29) is 23.8 Å². The molecule has 0 bridgehead atoms. The highest BCUT2D eigenvalue weighted by molar-refractivity contribution is 7.22. The number of nitrogens with one attached hydrogen (secondary N) is 1. The zero-order valence-corrected chi connectivity index (χ0v) is 21.3. The predicted molar refractivity (Wildman–Crippen MR) is 138 cm³/mol. The topological polar surface area (TPSA) is 82.6 Å². The van der Waals surface area contributed by atoms with Gasteiger partial charge in [0, 0.05) is 0 Å². The van der Waals surface area contributed by atoms with Crippen LogP contribution in [0.1, 0.15) is 45.6 Å². The van der Waals surface area contributed by atoms with E-state index in [0.29, 0.717) is 29.6 Å². The average molecular weight is 491 g/mol. The van der Waals surface area contributed by atoms with Gasteiger partial charge in [-0.3, -0.25) is 19.4 Å². The van der Waals surface area contributed by atoms with Gasteiger partial charge < -0.3 is 5.32 Å². The molecule has 2 aromatic carbocycles. The Labute approximate surface area is 209 Å². The molecular formula is C27H30N4O3S. The molecule has 8 heteroatoms. The Morgan fingerprint density at radius 2 is 1.86 bits per heavy atom. The summed E-state index contributed by atoms with van der Waals surface area (Å²) in [6.07, 6.45) is 2.15. The van der Waals surface area contributed by atoms with Crippen LogP contribution in [0.25, 0.3) is 10.2 Å². The molecule has 2 atom stereocenters. The van der Waals surface area contributed by atoms with Crippen LogP contribution in [0.3, 0.4) is 0 Å². The smallest absolute Gasteiger partial charge is 0.323 e. The van der Waals surface area contributed by atoms with Crippen molar-refractivity contribution in [1.82, 2.24) is 15.2 Å². The minimum absolute atomic E-state index is 0.0746. The van der Waals surface area contributed by atoms with Gasteiger partial charge in [0.15, 0.2) is 5.13 Å². The quantitative estimate of drug-likeness (QED) is 0.496. The number of fused-ring (bicyclic) bond motifs is 1. The van der Waals surface area contributed by atoms with Crippen molar-refractivity contribution in [2.45, 2.75) is 52.5 Å². The predicted octanol–water partition coefficient (Wildman–Crippen LogP) is 5.41. The summed E-state index contributed by atoms with van der Waals surface area (Å²) < 4.78 is 0.959. The maximum Gasteiger partial charge on any atom is 0.325 e. The third-order valence-corrected chi connectivity index (χ3v) is 8.02. The van der Waals surface area contributed by atoms with E-state index in [0.717, 1.165) is 27.1 Å². The first kappa shape index (κ1) is 23.5. The van der Waals surface area contributed by atoms with Gasteiger partial charge in [-0.2, -0.15) is 0 Å². The van der Waals surface area contributed by atoms with E-state index in [1.54, 1.807) is 4.90 Å². The molecule has 2 fully saturated rings. The number of aryl methyl sites for hydroxylation is 1. The van der Waals surface area contributed by atoms with E-state index in [4.69, 9.17) is 4.98 Å². The summed E-state index contributed by atoms with van der Waals surface area (Å²) >= 11 is 1.41. The van der Waals surface area contributed by atoms with Gasteiger partial charge in [-0.05, 0) is 61.3 Å². The molecule has 1 N–H and O–H groups in total. The van der Waals surface area contributed by atoms with Crippen molar-refractivity contribution < 1.29 is 14.4 Å². The molecule has 1 aliphatic heterocycles. The number of hydrogen-bond acceptors (Lipinski definition) is 5. The number of benzene rings is 2. The van der Waals surface area contributed by atoms with Gasteiger partial charge in [0.25, 0.3) is 11.8 Å². The number of thiazole rings is 1. The molecule has 1 aromatic heterocycles. The van der Waals surface area contributed by atoms with E-state index < -0.39 is 11.6 Å². The lowest BCUT2D eigenvalue weighted by Gasteiger charge is -2.43. The van der Waals surface area contributed by atoms with Gasteiger partial charge in [0.05, 0.1) is 15.9 Å². The Bertz CT molecular complexity index is 1300. The number of hydrogen-bond donors (Lipinski definition) is 1. The minimum Gasteiger partial charge on any atom is -0.323 e. The summed E-state index contributed by atoms with van der Waals surface area (Å²) in [6.45, 7) is 7.96. The fourth-order valence-corrected chi connectivity index (χ4v) is 6.97. The van der Waals surface area contributed by atoms with Gasteiger partial charge in [0.2, 0.25) is 0 Å². The van der Waals surface area contributed by atoms with Gasteiger partial charge in [0.1, 0.15) is 12.1 Å². The summed E-state index contributed by atoms with van der Waals surface area (Å²) in [5.41, 5.74) is 1.37. The van der Waals surface area contributed by atoms with E-state index in [1.165, 1.54) is 11.3 Å². The summed E-state index contributed by atoms with van der Waals surface area (Å²) in [5.74, 6) is -0.378. The second-order valence-corrected chi connectivity index (χ2v) is 11.7. The van der Waals surface area contributed by atoms with Crippen LogP contribution >= 0.6 is 11.3 Å². The van der Waals surface area contributed by atoms with Crippen molar-refractivity contribution in [1.29, 1.82) is 0 Å². The largest absolute Gasteiger partial charge is 0.325 e. The van der Waals surface area contributed by atoms with Crippen LogP contribution in [-0.2, 0) is 9.59 Å². The minimum atomic E-state index is -0.943. The first-order chi connectivity index (χ1) is 16.6. The van der Waals surface area contributed by atoms with Crippen LogP contribution < -0.4 is 10.2 Å². The molecule has 4 amide bonds. The molecule has 0 radical (unpaired) electrons. The molecule has 2 unspecified atom stereocenters. The molecule has 7 nitrogen and oxygen atoms in total. The third kappa shape index (κ3) is 4.20. The van der Waals surface area contributed by atoms with Crippen molar-refractivity contribution in [3.8, 4) is 0 Å². The Morgan fingerprint density at radius 1 is 1.14 bits per heavy atom. The Balaban J connectivity index is 1.48. The number of carbonyl (C=O) groups excluding carboxylic acids is 3. The fraction of sp³-hybridized carbons (Fsp3) is 0.407. The van der Waals surface area contributed by atoms with Crippen LogP contribution in [-0.4, -0.2) is 39.8 Å². The van der Waals surface area contributed by atoms with Crippen LogP contribution in [0.15, 0.2) is 48.5 Å². The molecule has 1 saturated heterocycles. The number of aromatic nitrogens is 1. The number of amides is 4. The number of anilines is 2. The second-order valence-electron chi connectivity index (χ2n) is 10.7. The summed E-state index contributed by atoms with van der Waals surface area (Å²) in [6, 6.07) is 14.8. The number of nitrogens with zero attached hydrogens (tertiary/aromatic N) is 3. The third-order valence-electron chi connectivity index (χ3n) is 7.00. The van der Waals surface area contributed by atoms with Gasteiger partial charge >= 0.3 is 6.03 Å². The highest BCUT2D eigenvalue weighted by Crippen LogP contribution is 2.46. The van der Waals surface area contributed by atoms with Crippen LogP contribution in [0.2, 0.25) is 0 Å². The SMILES string of the molecule is Cc1ccccc1N(C(=O)CN1C(=O)NC2(CC(C)CC(C)(C)C2)C1=O)c1nc2ccccc2s1.